The number of phenolic OH excluding ortho intramolecular Hbond substituents is 1. The Labute approximate surface area is 172 Å². The summed E-state index contributed by atoms with van der Waals surface area (Å²) in [5.74, 6) is 0.298. The second-order valence-corrected chi connectivity index (χ2v) is 8.26. The van der Waals surface area contributed by atoms with E-state index >= 15 is 0 Å². The van der Waals surface area contributed by atoms with Crippen LogP contribution in [-0.2, 0) is 17.5 Å². The summed E-state index contributed by atoms with van der Waals surface area (Å²) in [5, 5.41) is 10.9. The summed E-state index contributed by atoms with van der Waals surface area (Å²) < 4.78 is 8.52. The molecular formula is C19H17Br2NO3S. The molecule has 0 aliphatic heterocycles. The Morgan fingerprint density at radius 1 is 1.23 bits per heavy atom. The van der Waals surface area contributed by atoms with Gasteiger partial charge in [0.1, 0.15) is 5.75 Å². The zero-order chi connectivity index (χ0) is 18.8. The van der Waals surface area contributed by atoms with Crippen molar-refractivity contribution in [2.24, 2.45) is 7.05 Å². The number of rotatable bonds is 5. The molecule has 1 heterocycles. The number of carbonyl (C=O) groups excluding carboxylic acids is 1. The number of esters is 1. The Kier molecular flexibility index (Phi) is 5.99. The van der Waals surface area contributed by atoms with Crippen LogP contribution in [0.15, 0.2) is 50.2 Å². The highest BCUT2D eigenvalue weighted by atomic mass is 79.9. The monoisotopic (exact) mass is 497 g/mol. The first-order valence-electron chi connectivity index (χ1n) is 7.98. The molecule has 4 nitrogen and oxygen atoms in total. The van der Waals surface area contributed by atoms with Crippen LogP contribution in [0.4, 0.5) is 0 Å². The zero-order valence-corrected chi connectivity index (χ0v) is 18.2. The lowest BCUT2D eigenvalue weighted by Gasteiger charge is -2.08. The van der Waals surface area contributed by atoms with Gasteiger partial charge in [-0.2, -0.15) is 0 Å². The number of ether oxygens (including phenoxy) is 1. The molecule has 0 bridgehead atoms. The highest BCUT2D eigenvalue weighted by molar-refractivity contribution is 9.13. The van der Waals surface area contributed by atoms with Crippen molar-refractivity contribution in [3.05, 3.63) is 56.6 Å². The molecule has 0 amide bonds. The minimum atomic E-state index is -0.379. The number of fused-ring (bicyclic) bond motifs is 1. The fourth-order valence-electron chi connectivity index (χ4n) is 2.85. The van der Waals surface area contributed by atoms with E-state index in [9.17, 15) is 9.90 Å². The van der Waals surface area contributed by atoms with E-state index < -0.39 is 0 Å². The third kappa shape index (κ3) is 3.52. The van der Waals surface area contributed by atoms with E-state index in [0.717, 1.165) is 16.1 Å². The summed E-state index contributed by atoms with van der Waals surface area (Å²) in [6.07, 6.45) is 0. The van der Waals surface area contributed by atoms with Gasteiger partial charge in [0, 0.05) is 28.8 Å². The molecule has 26 heavy (non-hydrogen) atoms. The van der Waals surface area contributed by atoms with E-state index in [1.165, 1.54) is 0 Å². The van der Waals surface area contributed by atoms with E-state index in [-0.39, 0.29) is 11.7 Å². The van der Waals surface area contributed by atoms with Crippen molar-refractivity contribution in [2.75, 3.05) is 6.61 Å². The smallest absolute Gasteiger partial charge is 0.340 e. The van der Waals surface area contributed by atoms with Gasteiger partial charge in [-0.05, 0) is 57.0 Å². The number of aromatic hydroxyl groups is 1. The SMILES string of the molecule is CCOC(=O)c1c(CSc2ccccc2)n(C)c2c(Br)c(Br)c(O)cc12. The van der Waals surface area contributed by atoms with Crippen LogP contribution < -0.4 is 0 Å². The van der Waals surface area contributed by atoms with Crippen molar-refractivity contribution >= 4 is 60.5 Å². The molecule has 0 aliphatic rings. The van der Waals surface area contributed by atoms with Crippen molar-refractivity contribution in [3.63, 3.8) is 0 Å². The van der Waals surface area contributed by atoms with Crippen molar-refractivity contribution in [3.8, 4) is 5.75 Å². The molecule has 0 unspecified atom stereocenters. The van der Waals surface area contributed by atoms with E-state index in [2.05, 4.69) is 31.9 Å². The normalized spacial score (nSPS) is 11.1. The first-order chi connectivity index (χ1) is 12.5. The topological polar surface area (TPSA) is 51.5 Å². The highest BCUT2D eigenvalue weighted by Crippen LogP contribution is 2.42. The van der Waals surface area contributed by atoms with Crippen LogP contribution in [0.25, 0.3) is 10.9 Å². The first kappa shape index (κ1) is 19.3. The number of halogens is 2. The predicted molar refractivity (Wildman–Crippen MR) is 112 cm³/mol. The fraction of sp³-hybridized carbons (Fsp3) is 0.211. The van der Waals surface area contributed by atoms with Crippen LogP contribution in [0.1, 0.15) is 23.0 Å². The summed E-state index contributed by atoms with van der Waals surface area (Å²) >= 11 is 8.56. The lowest BCUT2D eigenvalue weighted by molar-refractivity contribution is 0.0527. The number of carbonyl (C=O) groups is 1. The molecule has 7 heteroatoms. The van der Waals surface area contributed by atoms with Crippen LogP contribution in [0.5, 0.6) is 5.75 Å². The largest absolute Gasteiger partial charge is 0.507 e. The molecule has 0 aliphatic carbocycles. The molecule has 1 N–H and O–H groups in total. The maximum atomic E-state index is 12.7. The summed E-state index contributed by atoms with van der Waals surface area (Å²) in [5.41, 5.74) is 2.18. The Morgan fingerprint density at radius 2 is 1.92 bits per heavy atom. The van der Waals surface area contributed by atoms with Crippen LogP contribution >= 0.6 is 43.6 Å². The second kappa shape index (κ2) is 8.06. The van der Waals surface area contributed by atoms with E-state index in [4.69, 9.17) is 4.74 Å². The number of hydrogen-bond donors (Lipinski definition) is 1. The average Bonchev–Trinajstić information content (AvgIpc) is 2.90. The molecule has 1 aromatic heterocycles. The zero-order valence-electron chi connectivity index (χ0n) is 14.3. The van der Waals surface area contributed by atoms with Gasteiger partial charge in [0.15, 0.2) is 0 Å². The fourth-order valence-corrected chi connectivity index (χ4v) is 4.82. The molecule has 0 fully saturated rings. The number of thioether (sulfide) groups is 1. The molecule has 0 atom stereocenters. The Balaban J connectivity index is 2.16. The summed E-state index contributed by atoms with van der Waals surface area (Å²) in [7, 11) is 1.92. The standard InChI is InChI=1S/C19H17Br2NO3S/c1-3-25-19(24)15-12-9-14(23)16(20)17(21)18(12)22(2)13(15)10-26-11-7-5-4-6-8-11/h4-9,23H,3,10H2,1-2H3. The lowest BCUT2D eigenvalue weighted by Crippen LogP contribution is -2.08. The molecule has 3 aromatic rings. The average molecular weight is 499 g/mol. The maximum absolute atomic E-state index is 12.7. The number of benzene rings is 2. The molecule has 136 valence electrons. The Hall–Kier alpha value is -1.44. The van der Waals surface area contributed by atoms with Crippen LogP contribution in [0.3, 0.4) is 0 Å². The van der Waals surface area contributed by atoms with Gasteiger partial charge >= 0.3 is 5.97 Å². The van der Waals surface area contributed by atoms with Gasteiger partial charge in [-0.1, -0.05) is 18.2 Å². The Morgan fingerprint density at radius 3 is 2.58 bits per heavy atom. The van der Waals surface area contributed by atoms with Crippen molar-refractivity contribution in [1.82, 2.24) is 4.57 Å². The maximum Gasteiger partial charge on any atom is 0.340 e. The van der Waals surface area contributed by atoms with E-state index in [1.807, 2.05) is 41.9 Å². The summed E-state index contributed by atoms with van der Waals surface area (Å²) in [6, 6.07) is 11.6. The molecule has 2 aromatic carbocycles. The first-order valence-corrected chi connectivity index (χ1v) is 10.6. The highest BCUT2D eigenvalue weighted by Gasteiger charge is 2.25. The molecule has 0 radical (unpaired) electrons. The van der Waals surface area contributed by atoms with Crippen molar-refractivity contribution in [2.45, 2.75) is 17.6 Å². The number of hydrogen-bond acceptors (Lipinski definition) is 4. The predicted octanol–water partition coefficient (Wildman–Crippen LogP) is 5.88. The van der Waals surface area contributed by atoms with Gasteiger partial charge in [-0.15, -0.1) is 11.8 Å². The quantitative estimate of drug-likeness (QED) is 0.352. The Bertz CT molecular complexity index is 970. The van der Waals surface area contributed by atoms with Crippen LogP contribution in [0.2, 0.25) is 0 Å². The number of aromatic nitrogens is 1. The third-order valence-corrected chi connectivity index (χ3v) is 7.19. The number of nitrogens with zero attached hydrogens (tertiary/aromatic N) is 1. The minimum absolute atomic E-state index is 0.0720. The van der Waals surface area contributed by atoms with Gasteiger partial charge in [0.25, 0.3) is 0 Å². The van der Waals surface area contributed by atoms with Gasteiger partial charge in [-0.3, -0.25) is 0 Å². The lowest BCUT2D eigenvalue weighted by atomic mass is 10.1. The van der Waals surface area contributed by atoms with Crippen LogP contribution in [-0.4, -0.2) is 22.2 Å². The van der Waals surface area contributed by atoms with Gasteiger partial charge < -0.3 is 14.4 Å². The number of phenols is 1. The molecular weight excluding hydrogens is 482 g/mol. The van der Waals surface area contributed by atoms with Gasteiger partial charge in [0.2, 0.25) is 0 Å². The van der Waals surface area contributed by atoms with Crippen LogP contribution in [0, 0.1) is 0 Å². The minimum Gasteiger partial charge on any atom is -0.507 e. The van der Waals surface area contributed by atoms with Gasteiger partial charge in [0.05, 0.1) is 26.6 Å². The summed E-state index contributed by atoms with van der Waals surface area (Å²) in [6.45, 7) is 2.08. The van der Waals surface area contributed by atoms with Crippen molar-refractivity contribution in [1.29, 1.82) is 0 Å². The molecule has 0 spiro atoms. The molecule has 3 rings (SSSR count). The third-order valence-electron chi connectivity index (χ3n) is 4.06. The molecule has 0 saturated heterocycles. The van der Waals surface area contributed by atoms with Crippen molar-refractivity contribution < 1.29 is 14.6 Å². The number of aryl methyl sites for hydroxylation is 1. The van der Waals surface area contributed by atoms with E-state index in [1.54, 1.807) is 24.8 Å². The van der Waals surface area contributed by atoms with E-state index in [0.29, 0.717) is 32.3 Å². The second-order valence-electron chi connectivity index (χ2n) is 5.62. The summed E-state index contributed by atoms with van der Waals surface area (Å²) in [4.78, 5) is 13.8. The molecule has 0 saturated carbocycles. The van der Waals surface area contributed by atoms with Gasteiger partial charge in [-0.25, -0.2) is 4.79 Å².